The van der Waals surface area contributed by atoms with Crippen LogP contribution in [0.5, 0.6) is 5.75 Å². The Hall–Kier alpha value is -2.53. The summed E-state index contributed by atoms with van der Waals surface area (Å²) in [6, 6.07) is 16.3. The van der Waals surface area contributed by atoms with E-state index in [1.165, 1.54) is 11.3 Å². The number of benzene rings is 2. The number of ether oxygens (including phenoxy) is 1. The molecular formula is C22H29N3O2. The van der Waals surface area contributed by atoms with Crippen LogP contribution in [-0.4, -0.2) is 50.1 Å². The van der Waals surface area contributed by atoms with Gasteiger partial charge in [0.2, 0.25) is 5.91 Å². The van der Waals surface area contributed by atoms with Gasteiger partial charge in [0, 0.05) is 38.4 Å². The molecule has 27 heavy (non-hydrogen) atoms. The van der Waals surface area contributed by atoms with E-state index in [0.29, 0.717) is 6.54 Å². The van der Waals surface area contributed by atoms with Crippen molar-refractivity contribution in [2.24, 2.45) is 0 Å². The zero-order chi connectivity index (χ0) is 19.2. The van der Waals surface area contributed by atoms with Gasteiger partial charge in [-0.3, -0.25) is 9.69 Å². The second-order valence-electron chi connectivity index (χ2n) is 7.10. The molecule has 0 unspecified atom stereocenters. The van der Waals surface area contributed by atoms with Crippen molar-refractivity contribution in [3.8, 4) is 5.75 Å². The maximum atomic E-state index is 12.5. The lowest BCUT2D eigenvalue weighted by Crippen LogP contribution is -2.53. The average molecular weight is 367 g/mol. The summed E-state index contributed by atoms with van der Waals surface area (Å²) in [5.74, 6) is 0.964. The van der Waals surface area contributed by atoms with Crippen LogP contribution < -0.4 is 15.0 Å². The number of methoxy groups -OCH3 is 1. The summed E-state index contributed by atoms with van der Waals surface area (Å²) < 4.78 is 5.22. The van der Waals surface area contributed by atoms with Crippen LogP contribution in [0.2, 0.25) is 0 Å². The highest BCUT2D eigenvalue weighted by atomic mass is 16.5. The van der Waals surface area contributed by atoms with Gasteiger partial charge in [0.25, 0.3) is 0 Å². The number of amides is 1. The molecule has 1 fully saturated rings. The predicted molar refractivity (Wildman–Crippen MR) is 109 cm³/mol. The van der Waals surface area contributed by atoms with Crippen LogP contribution in [0.3, 0.4) is 0 Å². The Bertz CT molecular complexity index is 752. The van der Waals surface area contributed by atoms with E-state index in [4.69, 9.17) is 4.74 Å². The molecule has 5 heteroatoms. The number of hydrogen-bond donors (Lipinski definition) is 1. The third-order valence-corrected chi connectivity index (χ3v) is 5.23. The Labute approximate surface area is 161 Å². The van der Waals surface area contributed by atoms with Crippen LogP contribution in [0, 0.1) is 6.92 Å². The predicted octanol–water partition coefficient (Wildman–Crippen LogP) is 2.83. The van der Waals surface area contributed by atoms with Crippen LogP contribution in [0.4, 0.5) is 5.69 Å². The van der Waals surface area contributed by atoms with Gasteiger partial charge < -0.3 is 15.0 Å². The summed E-state index contributed by atoms with van der Waals surface area (Å²) in [5.41, 5.74) is 3.55. The summed E-state index contributed by atoms with van der Waals surface area (Å²) in [6.45, 7) is 8.24. The summed E-state index contributed by atoms with van der Waals surface area (Å²) in [5, 5.41) is 3.07. The third kappa shape index (κ3) is 5.01. The highest BCUT2D eigenvalue weighted by Crippen LogP contribution is 2.21. The number of anilines is 1. The number of aryl methyl sites for hydroxylation is 1. The Morgan fingerprint density at radius 2 is 1.81 bits per heavy atom. The van der Waals surface area contributed by atoms with Crippen molar-refractivity contribution in [1.82, 2.24) is 10.2 Å². The average Bonchev–Trinajstić information content (AvgIpc) is 2.72. The topological polar surface area (TPSA) is 44.8 Å². The van der Waals surface area contributed by atoms with Crippen molar-refractivity contribution >= 4 is 11.6 Å². The summed E-state index contributed by atoms with van der Waals surface area (Å²) in [7, 11) is 1.68. The van der Waals surface area contributed by atoms with Gasteiger partial charge >= 0.3 is 0 Å². The molecule has 5 nitrogen and oxygen atoms in total. The largest absolute Gasteiger partial charge is 0.497 e. The second-order valence-corrected chi connectivity index (χ2v) is 7.10. The number of nitrogens with one attached hydrogen (secondary N) is 1. The van der Waals surface area contributed by atoms with Gasteiger partial charge in [-0.15, -0.1) is 0 Å². The van der Waals surface area contributed by atoms with Crippen molar-refractivity contribution in [3.63, 3.8) is 0 Å². The van der Waals surface area contributed by atoms with Crippen molar-refractivity contribution in [1.29, 1.82) is 0 Å². The first-order valence-corrected chi connectivity index (χ1v) is 9.53. The van der Waals surface area contributed by atoms with Gasteiger partial charge in [-0.05, 0) is 43.7 Å². The molecule has 0 aromatic heterocycles. The minimum atomic E-state index is -0.118. The smallest absolute Gasteiger partial charge is 0.237 e. The SMILES string of the molecule is COc1ccc(N2CCN([C@@H](C)C(=O)NCc3cccc(C)c3)CC2)cc1. The van der Waals surface area contributed by atoms with E-state index in [-0.39, 0.29) is 11.9 Å². The Kier molecular flexibility index (Phi) is 6.35. The zero-order valence-electron chi connectivity index (χ0n) is 16.4. The van der Waals surface area contributed by atoms with Gasteiger partial charge in [0.15, 0.2) is 0 Å². The molecule has 3 rings (SSSR count). The van der Waals surface area contributed by atoms with Crippen molar-refractivity contribution in [2.75, 3.05) is 38.2 Å². The minimum Gasteiger partial charge on any atom is -0.497 e. The fourth-order valence-corrected chi connectivity index (χ4v) is 3.49. The Morgan fingerprint density at radius 1 is 1.11 bits per heavy atom. The van der Waals surface area contributed by atoms with Crippen LogP contribution in [0.1, 0.15) is 18.1 Å². The number of hydrogen-bond acceptors (Lipinski definition) is 4. The lowest BCUT2D eigenvalue weighted by atomic mass is 10.1. The summed E-state index contributed by atoms with van der Waals surface area (Å²) in [6.07, 6.45) is 0. The Balaban J connectivity index is 1.48. The maximum Gasteiger partial charge on any atom is 0.237 e. The molecule has 0 saturated carbocycles. The molecule has 1 atom stereocenters. The van der Waals surface area contributed by atoms with E-state index in [0.717, 1.165) is 37.5 Å². The van der Waals surface area contributed by atoms with Gasteiger partial charge in [0.05, 0.1) is 13.2 Å². The molecule has 1 saturated heterocycles. The third-order valence-electron chi connectivity index (χ3n) is 5.23. The molecule has 1 aliphatic rings. The summed E-state index contributed by atoms with van der Waals surface area (Å²) >= 11 is 0. The normalized spacial score (nSPS) is 16.0. The molecule has 2 aromatic carbocycles. The molecule has 0 bridgehead atoms. The Morgan fingerprint density at radius 3 is 2.44 bits per heavy atom. The van der Waals surface area contributed by atoms with E-state index in [1.807, 2.05) is 31.2 Å². The first-order chi connectivity index (χ1) is 13.1. The van der Waals surface area contributed by atoms with E-state index < -0.39 is 0 Å². The van der Waals surface area contributed by atoms with E-state index in [2.05, 4.69) is 46.3 Å². The number of piperazine rings is 1. The maximum absolute atomic E-state index is 12.5. The van der Waals surface area contributed by atoms with Crippen molar-refractivity contribution in [3.05, 3.63) is 59.7 Å². The standard InChI is InChI=1S/C22H29N3O2/c1-17-5-4-6-19(15-17)16-23-22(26)18(2)24-11-13-25(14-12-24)20-7-9-21(27-3)10-8-20/h4-10,15,18H,11-14,16H2,1-3H3,(H,23,26)/t18-/m0/s1. The first kappa shape index (κ1) is 19.2. The lowest BCUT2D eigenvalue weighted by Gasteiger charge is -2.38. The second kappa shape index (κ2) is 8.91. The molecule has 0 spiro atoms. The van der Waals surface area contributed by atoms with Crippen LogP contribution in [0.15, 0.2) is 48.5 Å². The molecule has 0 aliphatic carbocycles. The minimum absolute atomic E-state index is 0.0920. The van der Waals surface area contributed by atoms with Gasteiger partial charge in [-0.1, -0.05) is 29.8 Å². The fraction of sp³-hybridized carbons (Fsp3) is 0.409. The highest BCUT2D eigenvalue weighted by Gasteiger charge is 2.25. The van der Waals surface area contributed by atoms with E-state index in [1.54, 1.807) is 7.11 Å². The molecule has 1 heterocycles. The number of carbonyl (C=O) groups excluding carboxylic acids is 1. The summed E-state index contributed by atoms with van der Waals surface area (Å²) in [4.78, 5) is 17.2. The number of rotatable bonds is 6. The zero-order valence-corrected chi connectivity index (χ0v) is 16.4. The number of carbonyl (C=O) groups is 1. The van der Waals surface area contributed by atoms with Gasteiger partial charge in [-0.2, -0.15) is 0 Å². The quantitative estimate of drug-likeness (QED) is 0.853. The molecule has 144 valence electrons. The van der Waals surface area contributed by atoms with E-state index >= 15 is 0 Å². The molecule has 1 N–H and O–H groups in total. The fourth-order valence-electron chi connectivity index (χ4n) is 3.49. The molecule has 1 amide bonds. The van der Waals surface area contributed by atoms with E-state index in [9.17, 15) is 4.79 Å². The monoisotopic (exact) mass is 367 g/mol. The lowest BCUT2D eigenvalue weighted by molar-refractivity contribution is -0.126. The molecule has 1 aliphatic heterocycles. The van der Waals surface area contributed by atoms with Gasteiger partial charge in [0.1, 0.15) is 5.75 Å². The van der Waals surface area contributed by atoms with Crippen LogP contribution in [0.25, 0.3) is 0 Å². The molecule has 2 aromatic rings. The van der Waals surface area contributed by atoms with Crippen molar-refractivity contribution < 1.29 is 9.53 Å². The molecule has 0 radical (unpaired) electrons. The highest BCUT2D eigenvalue weighted by molar-refractivity contribution is 5.81. The van der Waals surface area contributed by atoms with Crippen LogP contribution >= 0.6 is 0 Å². The first-order valence-electron chi connectivity index (χ1n) is 9.53. The van der Waals surface area contributed by atoms with Crippen LogP contribution in [-0.2, 0) is 11.3 Å². The number of nitrogens with zero attached hydrogens (tertiary/aromatic N) is 2. The van der Waals surface area contributed by atoms with Gasteiger partial charge in [-0.25, -0.2) is 0 Å². The molecular weight excluding hydrogens is 338 g/mol. The van der Waals surface area contributed by atoms with Crippen molar-refractivity contribution in [2.45, 2.75) is 26.4 Å².